The lowest BCUT2D eigenvalue weighted by Crippen LogP contribution is -2.27. The summed E-state index contributed by atoms with van der Waals surface area (Å²) in [6, 6.07) is 16.0. The zero-order valence-corrected chi connectivity index (χ0v) is 22.6. The first-order chi connectivity index (χ1) is 18.5. The average molecular weight is 593 g/mol. The first-order valence-corrected chi connectivity index (χ1v) is 13.1. The van der Waals surface area contributed by atoms with Crippen LogP contribution in [-0.4, -0.2) is 29.3 Å². The highest BCUT2D eigenvalue weighted by Gasteiger charge is 2.33. The van der Waals surface area contributed by atoms with E-state index in [-0.39, 0.29) is 22.4 Å². The van der Waals surface area contributed by atoms with Gasteiger partial charge in [-0.3, -0.25) is 14.5 Å². The van der Waals surface area contributed by atoms with E-state index in [9.17, 15) is 22.8 Å². The lowest BCUT2D eigenvalue weighted by molar-refractivity contribution is -0.137. The number of amides is 2. The highest BCUT2D eigenvalue weighted by atomic mass is 35.5. The summed E-state index contributed by atoms with van der Waals surface area (Å²) in [4.78, 5) is 27.1. The quantitative estimate of drug-likeness (QED) is 0.221. The maximum Gasteiger partial charge on any atom is 0.416 e. The van der Waals surface area contributed by atoms with Gasteiger partial charge < -0.3 is 14.8 Å². The Morgan fingerprint density at radius 1 is 1.10 bits per heavy atom. The fourth-order valence-electron chi connectivity index (χ4n) is 3.54. The Morgan fingerprint density at radius 2 is 1.85 bits per heavy atom. The minimum Gasteiger partial charge on any atom is -0.494 e. The van der Waals surface area contributed by atoms with Crippen molar-refractivity contribution in [2.75, 3.05) is 23.4 Å². The van der Waals surface area contributed by atoms with Crippen LogP contribution in [0.2, 0.25) is 5.02 Å². The fraction of sp³-hybridized carbons (Fsp3) is 0.148. The summed E-state index contributed by atoms with van der Waals surface area (Å²) in [5.74, 6) is -0.0634. The van der Waals surface area contributed by atoms with Crippen molar-refractivity contribution < 1.29 is 32.2 Å². The largest absolute Gasteiger partial charge is 0.494 e. The van der Waals surface area contributed by atoms with Gasteiger partial charge in [0.05, 0.1) is 27.8 Å². The number of carbonyl (C=O) groups excluding carboxylic acids is 2. The first-order valence-electron chi connectivity index (χ1n) is 11.5. The Labute approximate surface area is 236 Å². The molecule has 1 saturated heterocycles. The lowest BCUT2D eigenvalue weighted by atomic mass is 10.2. The summed E-state index contributed by atoms with van der Waals surface area (Å²) < 4.78 is 49.8. The first kappa shape index (κ1) is 28.5. The Balaban J connectivity index is 1.39. The molecule has 1 fully saturated rings. The fourth-order valence-corrected chi connectivity index (χ4v) is 5.08. The van der Waals surface area contributed by atoms with E-state index in [1.165, 1.54) is 23.1 Å². The van der Waals surface area contributed by atoms with Crippen molar-refractivity contribution in [3.63, 3.8) is 0 Å². The van der Waals surface area contributed by atoms with Crippen LogP contribution >= 0.6 is 35.6 Å². The van der Waals surface area contributed by atoms with Crippen LogP contribution in [0.4, 0.5) is 24.5 Å². The van der Waals surface area contributed by atoms with E-state index in [4.69, 9.17) is 33.3 Å². The zero-order valence-electron chi connectivity index (χ0n) is 20.3. The van der Waals surface area contributed by atoms with Gasteiger partial charge in [-0.15, -0.1) is 0 Å². The molecule has 202 valence electrons. The number of halogens is 4. The standard InChI is InChI=1S/C27H20ClF3N2O4S2/c1-2-36-20-9-7-19(8-10-20)33-25(35)23(39-26(33)38)13-16-6-11-22(21(28)12-16)37-15-24(34)32-18-5-3-4-17(14-18)27(29,30)31/h3-14H,2,15H2,1H3,(H,32,34)/b23-13-. The Kier molecular flexibility index (Phi) is 8.83. The van der Waals surface area contributed by atoms with Crippen LogP contribution in [0, 0.1) is 0 Å². The molecule has 2 amide bonds. The van der Waals surface area contributed by atoms with Gasteiger partial charge >= 0.3 is 6.18 Å². The number of benzene rings is 3. The van der Waals surface area contributed by atoms with Crippen LogP contribution in [0.1, 0.15) is 18.1 Å². The molecule has 0 aliphatic carbocycles. The summed E-state index contributed by atoms with van der Waals surface area (Å²) in [6.45, 7) is 1.94. The molecule has 3 aromatic carbocycles. The van der Waals surface area contributed by atoms with Crippen LogP contribution in [0.3, 0.4) is 0 Å². The van der Waals surface area contributed by atoms with Crippen LogP contribution in [0.15, 0.2) is 71.6 Å². The summed E-state index contributed by atoms with van der Waals surface area (Å²) in [5, 5.41) is 2.54. The lowest BCUT2D eigenvalue weighted by Gasteiger charge is -2.15. The number of hydrogen-bond donors (Lipinski definition) is 1. The summed E-state index contributed by atoms with van der Waals surface area (Å²) in [5.41, 5.74) is 0.334. The molecule has 4 rings (SSSR count). The number of thiocarbonyl (C=S) groups is 1. The predicted octanol–water partition coefficient (Wildman–Crippen LogP) is 7.18. The number of anilines is 2. The topological polar surface area (TPSA) is 67.9 Å². The molecule has 1 N–H and O–H groups in total. The van der Waals surface area contributed by atoms with E-state index in [0.717, 1.165) is 23.9 Å². The van der Waals surface area contributed by atoms with Crippen LogP contribution in [0.25, 0.3) is 6.08 Å². The molecule has 0 aromatic heterocycles. The Hall–Kier alpha value is -3.54. The van der Waals surface area contributed by atoms with Gasteiger partial charge in [0, 0.05) is 5.69 Å². The van der Waals surface area contributed by atoms with E-state index in [2.05, 4.69) is 5.32 Å². The number of nitrogens with one attached hydrogen (secondary N) is 1. The molecule has 0 atom stereocenters. The number of nitrogens with zero attached hydrogens (tertiary/aromatic N) is 1. The average Bonchev–Trinajstić information content (AvgIpc) is 3.16. The second-order valence-corrected chi connectivity index (χ2v) is 10.1. The second kappa shape index (κ2) is 12.1. The molecule has 0 bridgehead atoms. The molecule has 0 saturated carbocycles. The molecular formula is C27H20ClF3N2O4S2. The molecule has 1 aliphatic heterocycles. The van der Waals surface area contributed by atoms with Crippen molar-refractivity contribution in [1.82, 2.24) is 0 Å². The van der Waals surface area contributed by atoms with Gasteiger partial charge in [0.25, 0.3) is 11.8 Å². The van der Waals surface area contributed by atoms with Crippen LogP contribution < -0.4 is 19.7 Å². The molecule has 0 spiro atoms. The number of ether oxygens (including phenoxy) is 2. The molecule has 39 heavy (non-hydrogen) atoms. The van der Waals surface area contributed by atoms with Gasteiger partial charge in [0.2, 0.25) is 0 Å². The van der Waals surface area contributed by atoms with Crippen molar-refractivity contribution >= 4 is 69.2 Å². The Morgan fingerprint density at radius 3 is 2.51 bits per heavy atom. The molecule has 6 nitrogen and oxygen atoms in total. The molecule has 12 heteroatoms. The second-order valence-electron chi connectivity index (χ2n) is 8.05. The number of hydrogen-bond acceptors (Lipinski definition) is 6. The number of carbonyl (C=O) groups is 2. The van der Waals surface area contributed by atoms with Crippen LogP contribution in [0.5, 0.6) is 11.5 Å². The molecule has 0 unspecified atom stereocenters. The predicted molar refractivity (Wildman–Crippen MR) is 150 cm³/mol. The third-order valence-corrected chi connectivity index (χ3v) is 6.88. The monoisotopic (exact) mass is 592 g/mol. The van der Waals surface area contributed by atoms with E-state index < -0.39 is 24.3 Å². The van der Waals surface area contributed by atoms with Crippen molar-refractivity contribution in [3.8, 4) is 11.5 Å². The number of alkyl halides is 3. The highest BCUT2D eigenvalue weighted by Crippen LogP contribution is 2.37. The van der Waals surface area contributed by atoms with E-state index in [0.29, 0.717) is 32.8 Å². The Bertz CT molecular complexity index is 1450. The highest BCUT2D eigenvalue weighted by molar-refractivity contribution is 8.27. The number of thioether (sulfide) groups is 1. The van der Waals surface area contributed by atoms with Gasteiger partial charge in [-0.25, -0.2) is 0 Å². The summed E-state index contributed by atoms with van der Waals surface area (Å²) in [6.07, 6.45) is -2.88. The van der Waals surface area contributed by atoms with Gasteiger partial charge in [0.1, 0.15) is 11.5 Å². The van der Waals surface area contributed by atoms with Crippen molar-refractivity contribution in [1.29, 1.82) is 0 Å². The van der Waals surface area contributed by atoms with Crippen molar-refractivity contribution in [2.45, 2.75) is 13.1 Å². The SMILES string of the molecule is CCOc1ccc(N2C(=O)/C(=C/c3ccc(OCC(=O)Nc4cccc(C(F)(F)F)c4)c(Cl)c3)SC2=S)cc1. The van der Waals surface area contributed by atoms with E-state index in [1.807, 2.05) is 6.92 Å². The maximum atomic E-state index is 13.0. The third-order valence-electron chi connectivity index (χ3n) is 5.29. The van der Waals surface area contributed by atoms with Gasteiger partial charge in [0.15, 0.2) is 10.9 Å². The van der Waals surface area contributed by atoms with Gasteiger partial charge in [-0.05, 0) is 73.2 Å². The molecule has 0 radical (unpaired) electrons. The summed E-state index contributed by atoms with van der Waals surface area (Å²) in [7, 11) is 0. The molecule has 1 heterocycles. The van der Waals surface area contributed by atoms with E-state index in [1.54, 1.807) is 42.5 Å². The third kappa shape index (κ3) is 7.11. The van der Waals surface area contributed by atoms with E-state index >= 15 is 0 Å². The minimum atomic E-state index is -4.53. The van der Waals surface area contributed by atoms with Gasteiger partial charge in [-0.1, -0.05) is 47.7 Å². The normalized spacial score (nSPS) is 14.6. The summed E-state index contributed by atoms with van der Waals surface area (Å²) >= 11 is 12.9. The van der Waals surface area contributed by atoms with Crippen LogP contribution in [-0.2, 0) is 15.8 Å². The maximum absolute atomic E-state index is 13.0. The zero-order chi connectivity index (χ0) is 28.2. The molecular weight excluding hydrogens is 573 g/mol. The molecule has 1 aliphatic rings. The molecule has 3 aromatic rings. The number of rotatable bonds is 8. The minimum absolute atomic E-state index is 0.0116. The smallest absolute Gasteiger partial charge is 0.416 e. The van der Waals surface area contributed by atoms with Crippen molar-refractivity contribution in [2.24, 2.45) is 0 Å². The van der Waals surface area contributed by atoms with Crippen molar-refractivity contribution in [3.05, 3.63) is 87.8 Å². The van der Waals surface area contributed by atoms with Gasteiger partial charge in [-0.2, -0.15) is 13.2 Å².